The quantitative estimate of drug-likeness (QED) is 0.434. The second kappa shape index (κ2) is 9.80. The number of rotatable bonds is 8. The molecule has 4 aromatic rings. The minimum absolute atomic E-state index is 0.256. The van der Waals surface area contributed by atoms with Crippen molar-refractivity contribution in [2.24, 2.45) is 0 Å². The highest BCUT2D eigenvalue weighted by Gasteiger charge is 2.13. The number of nitrogens with zero attached hydrogens (tertiary/aromatic N) is 5. The van der Waals surface area contributed by atoms with Crippen molar-refractivity contribution in [3.05, 3.63) is 90.8 Å². The van der Waals surface area contributed by atoms with Gasteiger partial charge >= 0.3 is 0 Å². The summed E-state index contributed by atoms with van der Waals surface area (Å²) in [6.45, 7) is 2.17. The number of nitrogens with one attached hydrogen (secondary N) is 1. The van der Waals surface area contributed by atoms with Gasteiger partial charge in [0.05, 0.1) is 0 Å². The zero-order valence-corrected chi connectivity index (χ0v) is 17.8. The van der Waals surface area contributed by atoms with Crippen molar-refractivity contribution in [2.45, 2.75) is 25.8 Å². The molecule has 0 spiro atoms. The van der Waals surface area contributed by atoms with Crippen molar-refractivity contribution in [1.82, 2.24) is 19.9 Å². The average Bonchev–Trinajstić information content (AvgIpc) is 2.84. The van der Waals surface area contributed by atoms with Crippen molar-refractivity contribution in [3.63, 3.8) is 0 Å². The standard InChI is InChI=1S/C25H26N6/c1-3-21(18-19-10-6-4-7-11-19)28-25-27-17-15-23(30-25)31(2)22-14-16-26-24(29-22)20-12-8-5-9-13-20/h4-17,21H,3,18H2,1-2H3,(H,27,28,30)/t21-/m0/s1. The van der Waals surface area contributed by atoms with E-state index in [4.69, 9.17) is 9.97 Å². The first-order chi connectivity index (χ1) is 15.2. The van der Waals surface area contributed by atoms with Crippen molar-refractivity contribution < 1.29 is 0 Å². The molecule has 156 valence electrons. The molecule has 1 N–H and O–H groups in total. The van der Waals surface area contributed by atoms with Crippen molar-refractivity contribution in [1.29, 1.82) is 0 Å². The summed E-state index contributed by atoms with van der Waals surface area (Å²) in [7, 11) is 1.95. The van der Waals surface area contributed by atoms with Crippen molar-refractivity contribution in [2.75, 3.05) is 17.3 Å². The summed E-state index contributed by atoms with van der Waals surface area (Å²) in [5, 5.41) is 3.48. The average molecular weight is 411 g/mol. The van der Waals surface area contributed by atoms with Gasteiger partial charge in [-0.3, -0.25) is 0 Å². The first kappa shape index (κ1) is 20.5. The summed E-state index contributed by atoms with van der Waals surface area (Å²) in [5.74, 6) is 2.84. The van der Waals surface area contributed by atoms with Gasteiger partial charge in [0.15, 0.2) is 5.82 Å². The van der Waals surface area contributed by atoms with E-state index >= 15 is 0 Å². The number of anilines is 3. The minimum atomic E-state index is 0.256. The molecule has 2 aromatic heterocycles. The molecule has 31 heavy (non-hydrogen) atoms. The topological polar surface area (TPSA) is 66.8 Å². The summed E-state index contributed by atoms with van der Waals surface area (Å²) in [5.41, 5.74) is 2.28. The van der Waals surface area contributed by atoms with Crippen molar-refractivity contribution in [3.8, 4) is 11.4 Å². The first-order valence-electron chi connectivity index (χ1n) is 10.5. The highest BCUT2D eigenvalue weighted by atomic mass is 15.3. The molecule has 4 rings (SSSR count). The maximum absolute atomic E-state index is 4.72. The van der Waals surface area contributed by atoms with Gasteiger partial charge in [0.1, 0.15) is 11.6 Å². The Labute approximate surface area is 183 Å². The van der Waals surface area contributed by atoms with Gasteiger partial charge in [0.2, 0.25) is 5.95 Å². The lowest BCUT2D eigenvalue weighted by atomic mass is 10.0. The molecule has 2 heterocycles. The van der Waals surface area contributed by atoms with Crippen LogP contribution in [0, 0.1) is 0 Å². The zero-order valence-electron chi connectivity index (χ0n) is 17.8. The Morgan fingerprint density at radius 2 is 1.45 bits per heavy atom. The molecule has 0 bridgehead atoms. The first-order valence-corrected chi connectivity index (χ1v) is 10.5. The Kier molecular flexibility index (Phi) is 6.47. The molecule has 0 saturated heterocycles. The van der Waals surface area contributed by atoms with E-state index < -0.39 is 0 Å². The molecule has 6 heteroatoms. The molecule has 0 aliphatic rings. The predicted molar refractivity (Wildman–Crippen MR) is 125 cm³/mol. The van der Waals surface area contributed by atoms with E-state index in [-0.39, 0.29) is 6.04 Å². The minimum Gasteiger partial charge on any atom is -0.351 e. The summed E-state index contributed by atoms with van der Waals surface area (Å²) < 4.78 is 0. The van der Waals surface area contributed by atoms with Crippen LogP contribution in [0.2, 0.25) is 0 Å². The van der Waals surface area contributed by atoms with Gasteiger partial charge < -0.3 is 10.2 Å². The van der Waals surface area contributed by atoms with Crippen LogP contribution in [0.25, 0.3) is 11.4 Å². The molecule has 0 aliphatic heterocycles. The molecular formula is C25H26N6. The Bertz CT molecular complexity index is 1100. The van der Waals surface area contributed by atoms with Crippen LogP contribution in [0.3, 0.4) is 0 Å². The predicted octanol–water partition coefficient (Wildman–Crippen LogP) is 5.13. The van der Waals surface area contributed by atoms with Gasteiger partial charge in [0, 0.05) is 31.0 Å². The number of benzene rings is 2. The van der Waals surface area contributed by atoms with E-state index in [2.05, 4.69) is 46.5 Å². The highest BCUT2D eigenvalue weighted by Crippen LogP contribution is 2.23. The van der Waals surface area contributed by atoms with E-state index in [1.807, 2.05) is 60.5 Å². The number of hydrogen-bond acceptors (Lipinski definition) is 6. The Hall–Kier alpha value is -3.80. The Morgan fingerprint density at radius 1 is 0.806 bits per heavy atom. The molecule has 1 atom stereocenters. The van der Waals surface area contributed by atoms with Gasteiger partial charge in [-0.05, 0) is 30.5 Å². The fourth-order valence-electron chi connectivity index (χ4n) is 3.36. The third kappa shape index (κ3) is 5.22. The highest BCUT2D eigenvalue weighted by molar-refractivity contribution is 5.61. The van der Waals surface area contributed by atoms with Crippen LogP contribution < -0.4 is 10.2 Å². The molecule has 0 amide bonds. The van der Waals surface area contributed by atoms with Gasteiger partial charge in [-0.15, -0.1) is 0 Å². The second-order valence-electron chi connectivity index (χ2n) is 7.34. The summed E-state index contributed by atoms with van der Waals surface area (Å²) in [4.78, 5) is 20.2. The fourth-order valence-corrected chi connectivity index (χ4v) is 3.36. The molecule has 0 fully saturated rings. The fraction of sp³-hybridized carbons (Fsp3) is 0.200. The van der Waals surface area contributed by atoms with Crippen LogP contribution in [0.5, 0.6) is 0 Å². The Balaban J connectivity index is 1.51. The van der Waals surface area contributed by atoms with E-state index in [0.717, 1.165) is 30.0 Å². The second-order valence-corrected chi connectivity index (χ2v) is 7.34. The van der Waals surface area contributed by atoms with E-state index in [1.54, 1.807) is 12.4 Å². The van der Waals surface area contributed by atoms with Gasteiger partial charge in [0.25, 0.3) is 0 Å². The van der Waals surface area contributed by atoms with Crippen LogP contribution in [-0.4, -0.2) is 33.0 Å². The van der Waals surface area contributed by atoms with E-state index in [0.29, 0.717) is 11.8 Å². The van der Waals surface area contributed by atoms with Crippen molar-refractivity contribution >= 4 is 17.6 Å². The van der Waals surface area contributed by atoms with E-state index in [1.165, 1.54) is 5.56 Å². The molecule has 0 aliphatic carbocycles. The summed E-state index contributed by atoms with van der Waals surface area (Å²) in [6.07, 6.45) is 5.45. The van der Waals surface area contributed by atoms with Crippen LogP contribution in [0.15, 0.2) is 85.2 Å². The van der Waals surface area contributed by atoms with Crippen LogP contribution in [0.4, 0.5) is 17.6 Å². The number of hydrogen-bond donors (Lipinski definition) is 1. The monoisotopic (exact) mass is 410 g/mol. The molecule has 2 aromatic carbocycles. The lowest BCUT2D eigenvalue weighted by molar-refractivity contribution is 0.682. The van der Waals surface area contributed by atoms with E-state index in [9.17, 15) is 0 Å². The number of aromatic nitrogens is 4. The van der Waals surface area contributed by atoms with Gasteiger partial charge in [-0.2, -0.15) is 4.98 Å². The maximum Gasteiger partial charge on any atom is 0.224 e. The van der Waals surface area contributed by atoms with Gasteiger partial charge in [-0.1, -0.05) is 67.6 Å². The van der Waals surface area contributed by atoms with Crippen LogP contribution in [-0.2, 0) is 6.42 Å². The molecule has 0 unspecified atom stereocenters. The molecule has 0 radical (unpaired) electrons. The Morgan fingerprint density at radius 3 is 2.16 bits per heavy atom. The largest absolute Gasteiger partial charge is 0.351 e. The normalized spacial score (nSPS) is 11.7. The zero-order chi connectivity index (χ0) is 21.5. The van der Waals surface area contributed by atoms with Gasteiger partial charge in [-0.25, -0.2) is 15.0 Å². The molecule has 6 nitrogen and oxygen atoms in total. The summed E-state index contributed by atoms with van der Waals surface area (Å²) >= 11 is 0. The third-order valence-corrected chi connectivity index (χ3v) is 5.15. The molecular weight excluding hydrogens is 384 g/mol. The lowest BCUT2D eigenvalue weighted by Gasteiger charge is -2.20. The SMILES string of the molecule is CC[C@@H](Cc1ccccc1)Nc1nccc(N(C)c2ccnc(-c3ccccc3)n2)n1. The molecule has 0 saturated carbocycles. The lowest BCUT2D eigenvalue weighted by Crippen LogP contribution is -2.23. The third-order valence-electron chi connectivity index (χ3n) is 5.15. The van der Waals surface area contributed by atoms with Crippen LogP contribution in [0.1, 0.15) is 18.9 Å². The smallest absolute Gasteiger partial charge is 0.224 e. The van der Waals surface area contributed by atoms with Crippen LogP contribution >= 0.6 is 0 Å². The summed E-state index contributed by atoms with van der Waals surface area (Å²) in [6, 6.07) is 24.4. The maximum atomic E-state index is 4.72.